The molecule has 0 bridgehead atoms. The van der Waals surface area contributed by atoms with Crippen LogP contribution >= 0.6 is 11.6 Å². The number of hydrogen-bond acceptors (Lipinski definition) is 2. The van der Waals surface area contributed by atoms with Gasteiger partial charge in [0.15, 0.2) is 0 Å². The van der Waals surface area contributed by atoms with E-state index in [-0.39, 0.29) is 17.7 Å². The van der Waals surface area contributed by atoms with E-state index in [9.17, 15) is 9.59 Å². The lowest BCUT2D eigenvalue weighted by Gasteiger charge is -2.32. The maximum atomic E-state index is 12.7. The first-order valence-corrected chi connectivity index (χ1v) is 10.9. The third kappa shape index (κ3) is 4.68. The second kappa shape index (κ2) is 9.35. The number of aryl methyl sites for hydroxylation is 1. The molecule has 1 atom stereocenters. The standard InChI is InChI=1S/C24H26ClN3O2/c25-21-10-8-19(9-11-21)24(30)28-14-3-6-20(17-28)23(29)26-13-4-15-27-16-12-18-5-1-2-7-22(18)27/h1-2,5,7-12,16,20H,3-4,6,13-15,17H2,(H,26,29)/t20-/m0/s1. The molecular weight excluding hydrogens is 398 g/mol. The van der Waals surface area contributed by atoms with Gasteiger partial charge in [-0.1, -0.05) is 29.8 Å². The number of nitrogens with one attached hydrogen (secondary N) is 1. The van der Waals surface area contributed by atoms with Crippen LogP contribution in [0.15, 0.2) is 60.8 Å². The van der Waals surface area contributed by atoms with Gasteiger partial charge in [-0.2, -0.15) is 0 Å². The number of carbonyl (C=O) groups is 2. The number of benzene rings is 2. The zero-order valence-electron chi connectivity index (χ0n) is 16.9. The summed E-state index contributed by atoms with van der Waals surface area (Å²) in [5.41, 5.74) is 1.83. The fraction of sp³-hybridized carbons (Fsp3) is 0.333. The number of aromatic nitrogens is 1. The Labute approximate surface area is 181 Å². The molecule has 30 heavy (non-hydrogen) atoms. The van der Waals surface area contributed by atoms with Crippen molar-refractivity contribution in [3.05, 3.63) is 71.4 Å². The van der Waals surface area contributed by atoms with Crippen LogP contribution in [0.2, 0.25) is 5.02 Å². The van der Waals surface area contributed by atoms with Gasteiger partial charge >= 0.3 is 0 Å². The van der Waals surface area contributed by atoms with E-state index in [1.165, 1.54) is 10.9 Å². The van der Waals surface area contributed by atoms with Crippen molar-refractivity contribution in [2.75, 3.05) is 19.6 Å². The predicted octanol–water partition coefficient (Wildman–Crippen LogP) is 4.35. The Bertz CT molecular complexity index is 1030. The lowest BCUT2D eigenvalue weighted by Crippen LogP contribution is -2.45. The van der Waals surface area contributed by atoms with Crippen LogP contribution in [0, 0.1) is 5.92 Å². The van der Waals surface area contributed by atoms with E-state index in [0.29, 0.717) is 30.2 Å². The summed E-state index contributed by atoms with van der Waals surface area (Å²) in [5.74, 6) is -0.146. The summed E-state index contributed by atoms with van der Waals surface area (Å²) in [7, 11) is 0. The number of piperidine rings is 1. The Balaban J connectivity index is 1.26. The van der Waals surface area contributed by atoms with Crippen LogP contribution in [-0.4, -0.2) is 40.9 Å². The SMILES string of the molecule is O=C(NCCCn1ccc2ccccc21)[C@H]1CCCN(C(=O)c2ccc(Cl)cc2)C1. The molecule has 0 unspecified atom stereocenters. The van der Waals surface area contributed by atoms with Crippen LogP contribution < -0.4 is 5.32 Å². The van der Waals surface area contributed by atoms with E-state index in [1.807, 2.05) is 12.1 Å². The van der Waals surface area contributed by atoms with Crippen molar-refractivity contribution < 1.29 is 9.59 Å². The molecule has 0 aliphatic carbocycles. The molecule has 2 amide bonds. The molecule has 0 radical (unpaired) electrons. The van der Waals surface area contributed by atoms with Gasteiger partial charge in [-0.15, -0.1) is 0 Å². The quantitative estimate of drug-likeness (QED) is 0.599. The minimum atomic E-state index is -0.151. The first-order chi connectivity index (χ1) is 14.6. The van der Waals surface area contributed by atoms with Gasteiger partial charge in [0.05, 0.1) is 5.92 Å². The monoisotopic (exact) mass is 423 g/mol. The molecule has 5 nitrogen and oxygen atoms in total. The van der Waals surface area contributed by atoms with Gasteiger partial charge in [-0.25, -0.2) is 0 Å². The van der Waals surface area contributed by atoms with Gasteiger partial charge in [0, 0.05) is 48.5 Å². The molecule has 3 aromatic rings. The number of nitrogens with zero attached hydrogens (tertiary/aromatic N) is 2. The Hall–Kier alpha value is -2.79. The fourth-order valence-corrected chi connectivity index (χ4v) is 4.22. The Morgan fingerprint density at radius 1 is 1.07 bits per heavy atom. The molecule has 1 aromatic heterocycles. The molecule has 0 spiro atoms. The molecular formula is C24H26ClN3O2. The van der Waals surface area contributed by atoms with E-state index in [0.717, 1.165) is 25.8 Å². The number of fused-ring (bicyclic) bond motifs is 1. The number of hydrogen-bond donors (Lipinski definition) is 1. The number of para-hydroxylation sites is 1. The topological polar surface area (TPSA) is 54.3 Å². The highest BCUT2D eigenvalue weighted by molar-refractivity contribution is 6.30. The van der Waals surface area contributed by atoms with E-state index in [4.69, 9.17) is 11.6 Å². The summed E-state index contributed by atoms with van der Waals surface area (Å²) in [5, 5.41) is 4.90. The molecule has 0 saturated carbocycles. The summed E-state index contributed by atoms with van der Waals surface area (Å²) in [4.78, 5) is 27.2. The zero-order chi connectivity index (χ0) is 20.9. The second-order valence-electron chi connectivity index (χ2n) is 7.81. The first-order valence-electron chi connectivity index (χ1n) is 10.5. The molecule has 156 valence electrons. The highest BCUT2D eigenvalue weighted by atomic mass is 35.5. The lowest BCUT2D eigenvalue weighted by molar-refractivity contribution is -0.126. The number of likely N-dealkylation sites (tertiary alicyclic amines) is 1. The lowest BCUT2D eigenvalue weighted by atomic mass is 9.96. The average molecular weight is 424 g/mol. The summed E-state index contributed by atoms with van der Waals surface area (Å²) >= 11 is 5.91. The Morgan fingerprint density at radius 2 is 1.87 bits per heavy atom. The molecule has 2 heterocycles. The van der Waals surface area contributed by atoms with E-state index < -0.39 is 0 Å². The Kier molecular flexibility index (Phi) is 6.38. The van der Waals surface area contributed by atoms with E-state index in [1.54, 1.807) is 29.2 Å². The van der Waals surface area contributed by atoms with Crippen LogP contribution in [0.5, 0.6) is 0 Å². The first kappa shape index (κ1) is 20.5. The van der Waals surface area contributed by atoms with Crippen LogP contribution in [0.1, 0.15) is 29.6 Å². The van der Waals surface area contributed by atoms with Gasteiger partial charge in [-0.05, 0) is 61.0 Å². The summed E-state index contributed by atoms with van der Waals surface area (Å²) in [6, 6.07) is 17.3. The van der Waals surface area contributed by atoms with Gasteiger partial charge in [0.2, 0.25) is 5.91 Å². The van der Waals surface area contributed by atoms with E-state index >= 15 is 0 Å². The van der Waals surface area contributed by atoms with Crippen LogP contribution in [0.25, 0.3) is 10.9 Å². The summed E-state index contributed by atoms with van der Waals surface area (Å²) < 4.78 is 2.22. The normalized spacial score (nSPS) is 16.6. The van der Waals surface area contributed by atoms with Crippen molar-refractivity contribution in [3.8, 4) is 0 Å². The minimum absolute atomic E-state index is 0.0383. The van der Waals surface area contributed by atoms with Crippen LogP contribution in [0.4, 0.5) is 0 Å². The molecule has 2 aromatic carbocycles. The maximum absolute atomic E-state index is 12.7. The van der Waals surface area contributed by atoms with Gasteiger partial charge in [0.25, 0.3) is 5.91 Å². The molecule has 6 heteroatoms. The Morgan fingerprint density at radius 3 is 2.70 bits per heavy atom. The minimum Gasteiger partial charge on any atom is -0.356 e. The van der Waals surface area contributed by atoms with Crippen molar-refractivity contribution in [2.45, 2.75) is 25.8 Å². The van der Waals surface area contributed by atoms with E-state index in [2.05, 4.69) is 34.3 Å². The van der Waals surface area contributed by atoms with Crippen LogP contribution in [-0.2, 0) is 11.3 Å². The number of halogens is 1. The second-order valence-corrected chi connectivity index (χ2v) is 8.25. The largest absolute Gasteiger partial charge is 0.356 e. The van der Waals surface area contributed by atoms with Gasteiger partial charge < -0.3 is 14.8 Å². The van der Waals surface area contributed by atoms with Crippen molar-refractivity contribution in [1.29, 1.82) is 0 Å². The molecule has 1 fully saturated rings. The smallest absolute Gasteiger partial charge is 0.253 e. The molecule has 1 aliphatic rings. The van der Waals surface area contributed by atoms with Crippen LogP contribution in [0.3, 0.4) is 0 Å². The number of carbonyl (C=O) groups excluding carboxylic acids is 2. The summed E-state index contributed by atoms with van der Waals surface area (Å²) in [6.45, 7) is 2.65. The van der Waals surface area contributed by atoms with Crippen molar-refractivity contribution in [3.63, 3.8) is 0 Å². The molecule has 1 N–H and O–H groups in total. The zero-order valence-corrected chi connectivity index (χ0v) is 17.6. The number of amides is 2. The fourth-order valence-electron chi connectivity index (χ4n) is 4.09. The number of rotatable bonds is 6. The van der Waals surface area contributed by atoms with Crippen molar-refractivity contribution in [1.82, 2.24) is 14.8 Å². The average Bonchev–Trinajstić information content (AvgIpc) is 3.20. The van der Waals surface area contributed by atoms with Gasteiger partial charge in [-0.3, -0.25) is 9.59 Å². The highest BCUT2D eigenvalue weighted by Gasteiger charge is 2.28. The third-order valence-electron chi connectivity index (χ3n) is 5.73. The highest BCUT2D eigenvalue weighted by Crippen LogP contribution is 2.20. The van der Waals surface area contributed by atoms with Crippen molar-refractivity contribution >= 4 is 34.3 Å². The third-order valence-corrected chi connectivity index (χ3v) is 5.98. The summed E-state index contributed by atoms with van der Waals surface area (Å²) in [6.07, 6.45) is 4.61. The predicted molar refractivity (Wildman–Crippen MR) is 120 cm³/mol. The van der Waals surface area contributed by atoms with Crippen molar-refractivity contribution in [2.24, 2.45) is 5.92 Å². The van der Waals surface area contributed by atoms with Gasteiger partial charge in [0.1, 0.15) is 0 Å². The maximum Gasteiger partial charge on any atom is 0.253 e. The molecule has 1 saturated heterocycles. The molecule has 4 rings (SSSR count). The molecule has 1 aliphatic heterocycles.